The highest BCUT2D eigenvalue weighted by Gasteiger charge is 2.27. The lowest BCUT2D eigenvalue weighted by Gasteiger charge is -2.20. The molecule has 106 valence electrons. The smallest absolute Gasteiger partial charge is 0.131 e. The van der Waals surface area contributed by atoms with Crippen LogP contribution in [0.5, 0.6) is 0 Å². The summed E-state index contributed by atoms with van der Waals surface area (Å²) in [5.41, 5.74) is 2.59. The minimum atomic E-state index is 0.770. The average Bonchev–Trinajstić information content (AvgIpc) is 2.70. The molecule has 1 saturated heterocycles. The summed E-state index contributed by atoms with van der Waals surface area (Å²) in [6.07, 6.45) is 3.20. The Balaban J connectivity index is 2.03. The second-order valence-corrected chi connectivity index (χ2v) is 6.02. The lowest BCUT2D eigenvalue weighted by molar-refractivity contribution is 0.494. The van der Waals surface area contributed by atoms with Crippen molar-refractivity contribution in [3.8, 4) is 0 Å². The molecule has 1 N–H and O–H groups in total. The van der Waals surface area contributed by atoms with Gasteiger partial charge in [-0.2, -0.15) is 0 Å². The second kappa shape index (κ2) is 6.38. The third-order valence-electron chi connectivity index (χ3n) is 4.15. The van der Waals surface area contributed by atoms with Gasteiger partial charge in [0.1, 0.15) is 5.82 Å². The largest absolute Gasteiger partial charge is 0.356 e. The third-order valence-corrected chi connectivity index (χ3v) is 4.15. The van der Waals surface area contributed by atoms with Gasteiger partial charge in [-0.15, -0.1) is 0 Å². The van der Waals surface area contributed by atoms with Gasteiger partial charge < -0.3 is 10.2 Å². The number of aromatic nitrogens is 1. The summed E-state index contributed by atoms with van der Waals surface area (Å²) in [5, 5.41) is 3.43. The number of aryl methyl sites for hydroxylation is 1. The molecule has 19 heavy (non-hydrogen) atoms. The Hall–Kier alpha value is -1.09. The Bertz CT molecular complexity index is 406. The van der Waals surface area contributed by atoms with Crippen molar-refractivity contribution in [2.45, 2.75) is 40.7 Å². The van der Waals surface area contributed by atoms with E-state index in [-0.39, 0.29) is 0 Å². The first kappa shape index (κ1) is 14.3. The predicted molar refractivity (Wildman–Crippen MR) is 81.5 cm³/mol. The molecule has 1 aromatic heterocycles. The number of anilines is 1. The number of pyridine rings is 1. The van der Waals surface area contributed by atoms with Crippen LogP contribution in [0.15, 0.2) is 12.3 Å². The summed E-state index contributed by atoms with van der Waals surface area (Å²) in [6, 6.07) is 2.28. The molecule has 1 fully saturated rings. The lowest BCUT2D eigenvalue weighted by atomic mass is 10.0. The molecule has 2 heterocycles. The quantitative estimate of drug-likeness (QED) is 0.826. The zero-order valence-corrected chi connectivity index (χ0v) is 12.7. The Morgan fingerprint density at radius 1 is 1.32 bits per heavy atom. The van der Waals surface area contributed by atoms with E-state index >= 15 is 0 Å². The van der Waals surface area contributed by atoms with Crippen molar-refractivity contribution in [2.75, 3.05) is 24.5 Å². The van der Waals surface area contributed by atoms with Crippen molar-refractivity contribution < 1.29 is 0 Å². The first-order chi connectivity index (χ1) is 9.11. The molecule has 0 radical (unpaired) electrons. The second-order valence-electron chi connectivity index (χ2n) is 6.02. The Kier molecular flexibility index (Phi) is 4.81. The van der Waals surface area contributed by atoms with Gasteiger partial charge in [0, 0.05) is 25.8 Å². The highest BCUT2D eigenvalue weighted by atomic mass is 15.2. The monoisotopic (exact) mass is 261 g/mol. The van der Waals surface area contributed by atoms with Crippen molar-refractivity contribution >= 4 is 5.82 Å². The molecule has 0 spiro atoms. The summed E-state index contributed by atoms with van der Waals surface area (Å²) in [4.78, 5) is 7.13. The van der Waals surface area contributed by atoms with Crippen molar-refractivity contribution in [2.24, 2.45) is 11.8 Å². The molecule has 0 aromatic carbocycles. The maximum absolute atomic E-state index is 4.69. The van der Waals surface area contributed by atoms with Gasteiger partial charge in [-0.1, -0.05) is 20.8 Å². The first-order valence-corrected chi connectivity index (χ1v) is 7.53. The van der Waals surface area contributed by atoms with E-state index in [4.69, 9.17) is 4.98 Å². The molecule has 0 saturated carbocycles. The van der Waals surface area contributed by atoms with E-state index in [1.54, 1.807) is 0 Å². The van der Waals surface area contributed by atoms with Crippen molar-refractivity contribution in [3.63, 3.8) is 0 Å². The van der Waals surface area contributed by atoms with Crippen LogP contribution in [0.25, 0.3) is 0 Å². The number of nitrogens with zero attached hydrogens (tertiary/aromatic N) is 2. The maximum atomic E-state index is 4.69. The molecule has 2 rings (SSSR count). The summed E-state index contributed by atoms with van der Waals surface area (Å²) >= 11 is 0. The zero-order valence-electron chi connectivity index (χ0n) is 12.7. The molecule has 2 atom stereocenters. The van der Waals surface area contributed by atoms with Gasteiger partial charge >= 0.3 is 0 Å². The average molecular weight is 261 g/mol. The summed E-state index contributed by atoms with van der Waals surface area (Å²) in [7, 11) is 0. The van der Waals surface area contributed by atoms with Crippen LogP contribution in [0.4, 0.5) is 5.82 Å². The summed E-state index contributed by atoms with van der Waals surface area (Å²) < 4.78 is 0. The molecule has 3 heteroatoms. The van der Waals surface area contributed by atoms with E-state index in [0.29, 0.717) is 0 Å². The van der Waals surface area contributed by atoms with E-state index < -0.39 is 0 Å². The predicted octanol–water partition coefficient (Wildman–Crippen LogP) is 2.98. The molecule has 1 aromatic rings. The normalized spacial score (nSPS) is 23.1. The number of rotatable bonds is 5. The molecule has 2 unspecified atom stereocenters. The van der Waals surface area contributed by atoms with Crippen LogP contribution >= 0.6 is 0 Å². The van der Waals surface area contributed by atoms with Gasteiger partial charge in [-0.25, -0.2) is 4.98 Å². The van der Waals surface area contributed by atoms with Gasteiger partial charge in [0.2, 0.25) is 0 Å². The van der Waals surface area contributed by atoms with Gasteiger partial charge in [0.05, 0.1) is 0 Å². The fraction of sp³-hybridized carbons (Fsp3) is 0.688. The van der Waals surface area contributed by atoms with Gasteiger partial charge in [-0.05, 0) is 48.9 Å². The Morgan fingerprint density at radius 2 is 2.00 bits per heavy atom. The molecule has 0 amide bonds. The molecule has 0 bridgehead atoms. The van der Waals surface area contributed by atoms with E-state index in [1.807, 2.05) is 6.20 Å². The minimum absolute atomic E-state index is 0.770. The maximum Gasteiger partial charge on any atom is 0.131 e. The van der Waals surface area contributed by atoms with Gasteiger partial charge in [-0.3, -0.25) is 0 Å². The van der Waals surface area contributed by atoms with Gasteiger partial charge in [0.15, 0.2) is 0 Å². The van der Waals surface area contributed by atoms with Crippen LogP contribution in [0, 0.1) is 18.8 Å². The van der Waals surface area contributed by atoms with E-state index in [0.717, 1.165) is 38.0 Å². The van der Waals surface area contributed by atoms with Crippen molar-refractivity contribution in [1.82, 2.24) is 10.3 Å². The molecule has 1 aliphatic rings. The first-order valence-electron chi connectivity index (χ1n) is 7.53. The van der Waals surface area contributed by atoms with Crippen LogP contribution in [-0.4, -0.2) is 24.6 Å². The fourth-order valence-corrected chi connectivity index (χ4v) is 2.77. The Morgan fingerprint density at radius 3 is 2.58 bits per heavy atom. The van der Waals surface area contributed by atoms with E-state index in [1.165, 1.54) is 23.4 Å². The summed E-state index contributed by atoms with van der Waals surface area (Å²) in [5.74, 6) is 2.72. The van der Waals surface area contributed by atoms with Crippen LogP contribution in [0.2, 0.25) is 0 Å². The number of hydrogen-bond donors (Lipinski definition) is 1. The van der Waals surface area contributed by atoms with E-state index in [9.17, 15) is 0 Å². The Labute approximate surface area is 117 Å². The van der Waals surface area contributed by atoms with Crippen LogP contribution in [0.1, 0.15) is 38.3 Å². The molecule has 3 nitrogen and oxygen atoms in total. The lowest BCUT2D eigenvalue weighted by Crippen LogP contribution is -2.22. The minimum Gasteiger partial charge on any atom is -0.356 e. The van der Waals surface area contributed by atoms with Crippen LogP contribution in [-0.2, 0) is 6.54 Å². The summed E-state index contributed by atoms with van der Waals surface area (Å²) in [6.45, 7) is 13.3. The van der Waals surface area contributed by atoms with E-state index in [2.05, 4.69) is 44.0 Å². The van der Waals surface area contributed by atoms with Gasteiger partial charge in [0.25, 0.3) is 0 Å². The fourth-order valence-electron chi connectivity index (χ4n) is 2.77. The number of nitrogens with one attached hydrogen (secondary N) is 1. The highest BCUT2D eigenvalue weighted by Crippen LogP contribution is 2.28. The molecule has 1 aliphatic heterocycles. The zero-order chi connectivity index (χ0) is 13.8. The van der Waals surface area contributed by atoms with Crippen LogP contribution < -0.4 is 10.2 Å². The molecular weight excluding hydrogens is 234 g/mol. The number of hydrogen-bond acceptors (Lipinski definition) is 3. The SMILES string of the molecule is CCCNCc1cnc(N2CC(C)C(C)C2)c(C)c1. The van der Waals surface area contributed by atoms with Crippen molar-refractivity contribution in [3.05, 3.63) is 23.4 Å². The highest BCUT2D eigenvalue weighted by molar-refractivity contribution is 5.48. The standard InChI is InChI=1S/C16H27N3/c1-5-6-17-8-15-7-12(2)16(18-9-15)19-10-13(3)14(4)11-19/h7,9,13-14,17H,5-6,8,10-11H2,1-4H3. The third kappa shape index (κ3) is 3.47. The topological polar surface area (TPSA) is 28.2 Å². The van der Waals surface area contributed by atoms with Crippen LogP contribution in [0.3, 0.4) is 0 Å². The molecular formula is C16H27N3. The van der Waals surface area contributed by atoms with Crippen molar-refractivity contribution in [1.29, 1.82) is 0 Å². The molecule has 0 aliphatic carbocycles.